The van der Waals surface area contributed by atoms with Crippen LogP contribution in [-0.4, -0.2) is 25.6 Å². The number of carbonyl (C=O) groups excluding carboxylic acids is 2. The number of para-hydroxylation sites is 1. The van der Waals surface area contributed by atoms with E-state index < -0.39 is 23.7 Å². The summed E-state index contributed by atoms with van der Waals surface area (Å²) < 4.78 is 10.3. The maximum atomic E-state index is 12.3. The molecular formula is C16H16N2O4S. The molecule has 1 aromatic rings. The fraction of sp³-hybridized carbons (Fsp3) is 0.312. The average Bonchev–Trinajstić information content (AvgIpc) is 2.54. The predicted octanol–water partition coefficient (Wildman–Crippen LogP) is 1.75. The van der Waals surface area contributed by atoms with Crippen LogP contribution in [0.4, 0.5) is 0 Å². The first kappa shape index (κ1) is 16.9. The number of benzene rings is 1. The van der Waals surface area contributed by atoms with E-state index in [1.54, 1.807) is 24.3 Å². The van der Waals surface area contributed by atoms with E-state index in [1.807, 2.05) is 13.0 Å². The van der Waals surface area contributed by atoms with Gasteiger partial charge in [-0.1, -0.05) is 18.2 Å². The number of methoxy groups -OCH3 is 1. The van der Waals surface area contributed by atoms with E-state index in [0.29, 0.717) is 17.9 Å². The van der Waals surface area contributed by atoms with Gasteiger partial charge in [0.15, 0.2) is 0 Å². The second kappa shape index (κ2) is 7.20. The Labute approximate surface area is 139 Å². The van der Waals surface area contributed by atoms with Gasteiger partial charge in [-0.2, -0.15) is 5.26 Å². The van der Waals surface area contributed by atoms with E-state index in [0.717, 1.165) is 0 Å². The molecule has 1 N–H and O–H groups in total. The van der Waals surface area contributed by atoms with Gasteiger partial charge in [-0.25, -0.2) is 0 Å². The lowest BCUT2D eigenvalue weighted by atomic mass is 9.78. The molecule has 1 amide bonds. The van der Waals surface area contributed by atoms with Crippen LogP contribution in [0.1, 0.15) is 18.4 Å². The molecule has 0 fully saturated rings. The molecule has 2 atom stereocenters. The number of nitriles is 1. The first-order valence-electron chi connectivity index (χ1n) is 6.98. The number of allylic oxidation sites excluding steroid dienone is 1. The summed E-state index contributed by atoms with van der Waals surface area (Å²) in [5.41, 5.74) is 0.762. The van der Waals surface area contributed by atoms with Crippen molar-refractivity contribution in [1.82, 2.24) is 5.32 Å². The van der Waals surface area contributed by atoms with Crippen LogP contribution in [0.5, 0.6) is 5.75 Å². The number of hydrogen-bond acceptors (Lipinski definition) is 6. The van der Waals surface area contributed by atoms with Gasteiger partial charge < -0.3 is 14.8 Å². The molecule has 1 aliphatic heterocycles. The third kappa shape index (κ3) is 3.17. The number of thiol groups is 1. The fourth-order valence-electron chi connectivity index (χ4n) is 2.58. The largest absolute Gasteiger partial charge is 0.494 e. The Morgan fingerprint density at radius 2 is 2.13 bits per heavy atom. The van der Waals surface area contributed by atoms with Crippen molar-refractivity contribution in [2.45, 2.75) is 12.8 Å². The molecule has 120 valence electrons. The van der Waals surface area contributed by atoms with Gasteiger partial charge in [-0.05, 0) is 13.0 Å². The standard InChI is InChI=1S/C16H16N2O4S/c1-3-22-11-7-5-4-6-9(11)12-10(8-17)15(23)18-14(19)13(12)16(20)21-2/h4-7,12-13,23H,3H2,1-2H3,(H,18,19). The van der Waals surface area contributed by atoms with E-state index in [4.69, 9.17) is 9.47 Å². The molecule has 6 nitrogen and oxygen atoms in total. The van der Waals surface area contributed by atoms with Crippen molar-refractivity contribution < 1.29 is 19.1 Å². The number of amides is 1. The molecule has 2 rings (SSSR count). The van der Waals surface area contributed by atoms with Gasteiger partial charge in [0.1, 0.15) is 11.7 Å². The van der Waals surface area contributed by atoms with Crippen LogP contribution >= 0.6 is 12.6 Å². The molecule has 0 bridgehead atoms. The maximum Gasteiger partial charge on any atom is 0.319 e. The average molecular weight is 332 g/mol. The third-order valence-electron chi connectivity index (χ3n) is 3.55. The highest BCUT2D eigenvalue weighted by molar-refractivity contribution is 7.84. The van der Waals surface area contributed by atoms with Crippen LogP contribution in [-0.2, 0) is 14.3 Å². The fourth-order valence-corrected chi connectivity index (χ4v) is 2.88. The topological polar surface area (TPSA) is 88.4 Å². The second-order valence-corrected chi connectivity index (χ2v) is 5.26. The quantitative estimate of drug-likeness (QED) is 0.498. The molecule has 2 unspecified atom stereocenters. The van der Waals surface area contributed by atoms with Gasteiger partial charge in [0.25, 0.3) is 0 Å². The molecule has 7 heteroatoms. The number of rotatable bonds is 4. The predicted molar refractivity (Wildman–Crippen MR) is 85.6 cm³/mol. The van der Waals surface area contributed by atoms with E-state index in [1.165, 1.54) is 7.11 Å². The van der Waals surface area contributed by atoms with Crippen LogP contribution in [0.15, 0.2) is 34.9 Å². The molecule has 0 saturated carbocycles. The first-order chi connectivity index (χ1) is 11.0. The lowest BCUT2D eigenvalue weighted by molar-refractivity contribution is -0.150. The highest BCUT2D eigenvalue weighted by Gasteiger charge is 2.44. The summed E-state index contributed by atoms with van der Waals surface area (Å²) >= 11 is 4.16. The zero-order chi connectivity index (χ0) is 17.0. The molecule has 1 aliphatic rings. The van der Waals surface area contributed by atoms with Crippen LogP contribution in [0.3, 0.4) is 0 Å². The Bertz CT molecular complexity index is 708. The Kier molecular flexibility index (Phi) is 5.29. The molecule has 1 heterocycles. The Morgan fingerprint density at radius 3 is 2.74 bits per heavy atom. The summed E-state index contributed by atoms with van der Waals surface area (Å²) in [5, 5.41) is 12.0. The first-order valence-corrected chi connectivity index (χ1v) is 7.43. The van der Waals surface area contributed by atoms with Crippen LogP contribution < -0.4 is 10.1 Å². The van der Waals surface area contributed by atoms with E-state index in [-0.39, 0.29) is 10.6 Å². The zero-order valence-corrected chi connectivity index (χ0v) is 13.6. The Hall–Kier alpha value is -2.46. The number of nitrogens with one attached hydrogen (secondary N) is 1. The highest BCUT2D eigenvalue weighted by atomic mass is 32.1. The SMILES string of the molecule is CCOc1ccccc1C1C(C#N)=C(S)NC(=O)C1C(=O)OC. The van der Waals surface area contributed by atoms with Gasteiger partial charge in [0, 0.05) is 11.5 Å². The van der Waals surface area contributed by atoms with Crippen molar-refractivity contribution in [3.8, 4) is 11.8 Å². The number of hydrogen-bond donors (Lipinski definition) is 2. The summed E-state index contributed by atoms with van der Waals surface area (Å²) in [6.45, 7) is 2.24. The Balaban J connectivity index is 2.66. The molecule has 0 aliphatic carbocycles. The lowest BCUT2D eigenvalue weighted by Gasteiger charge is -2.30. The second-order valence-electron chi connectivity index (χ2n) is 4.81. The van der Waals surface area contributed by atoms with Gasteiger partial charge in [0.2, 0.25) is 5.91 Å². The van der Waals surface area contributed by atoms with E-state index in [9.17, 15) is 14.9 Å². The lowest BCUT2D eigenvalue weighted by Crippen LogP contribution is -2.43. The summed E-state index contributed by atoms with van der Waals surface area (Å²) in [4.78, 5) is 24.4. The van der Waals surface area contributed by atoms with Crippen LogP contribution in [0.25, 0.3) is 0 Å². The highest BCUT2D eigenvalue weighted by Crippen LogP contribution is 2.41. The van der Waals surface area contributed by atoms with Crippen molar-refractivity contribution in [2.24, 2.45) is 5.92 Å². The number of ether oxygens (including phenoxy) is 2. The smallest absolute Gasteiger partial charge is 0.319 e. The molecule has 0 saturated heterocycles. The van der Waals surface area contributed by atoms with Crippen molar-refractivity contribution in [3.05, 3.63) is 40.4 Å². The number of nitrogens with zero attached hydrogens (tertiary/aromatic N) is 1. The molecular weight excluding hydrogens is 316 g/mol. The summed E-state index contributed by atoms with van der Waals surface area (Å²) in [5.74, 6) is -2.74. The van der Waals surface area contributed by atoms with Crippen LogP contribution in [0.2, 0.25) is 0 Å². The van der Waals surface area contributed by atoms with Crippen LogP contribution in [0, 0.1) is 17.2 Å². The van der Waals surface area contributed by atoms with Crippen molar-refractivity contribution in [2.75, 3.05) is 13.7 Å². The van der Waals surface area contributed by atoms with Gasteiger partial charge in [0.05, 0.1) is 30.4 Å². The van der Waals surface area contributed by atoms with Crippen molar-refractivity contribution in [1.29, 1.82) is 5.26 Å². The van der Waals surface area contributed by atoms with Crippen molar-refractivity contribution >= 4 is 24.5 Å². The Morgan fingerprint density at radius 1 is 1.43 bits per heavy atom. The third-order valence-corrected chi connectivity index (χ3v) is 3.91. The monoisotopic (exact) mass is 332 g/mol. The van der Waals surface area contributed by atoms with Gasteiger partial charge in [-0.15, -0.1) is 12.6 Å². The molecule has 0 spiro atoms. The minimum absolute atomic E-state index is 0.133. The van der Waals surface area contributed by atoms with E-state index >= 15 is 0 Å². The normalized spacial score (nSPS) is 20.5. The van der Waals surface area contributed by atoms with Gasteiger partial charge in [-0.3, -0.25) is 9.59 Å². The summed E-state index contributed by atoms with van der Waals surface area (Å²) in [6.07, 6.45) is 0. The maximum absolute atomic E-state index is 12.3. The van der Waals surface area contributed by atoms with Crippen molar-refractivity contribution in [3.63, 3.8) is 0 Å². The number of carbonyl (C=O) groups is 2. The molecule has 0 radical (unpaired) electrons. The minimum Gasteiger partial charge on any atom is -0.494 e. The molecule has 1 aromatic carbocycles. The molecule has 0 aromatic heterocycles. The van der Waals surface area contributed by atoms with Gasteiger partial charge >= 0.3 is 5.97 Å². The zero-order valence-electron chi connectivity index (χ0n) is 12.7. The number of esters is 1. The summed E-state index contributed by atoms with van der Waals surface area (Å²) in [6, 6.07) is 9.02. The minimum atomic E-state index is -1.17. The van der Waals surface area contributed by atoms with E-state index in [2.05, 4.69) is 17.9 Å². The molecule has 23 heavy (non-hydrogen) atoms. The summed E-state index contributed by atoms with van der Waals surface area (Å²) in [7, 11) is 1.20.